The summed E-state index contributed by atoms with van der Waals surface area (Å²) in [7, 11) is 0. The van der Waals surface area contributed by atoms with E-state index in [1.807, 2.05) is 0 Å². The summed E-state index contributed by atoms with van der Waals surface area (Å²) in [6, 6.07) is 2.07. The Balaban J connectivity index is 2.92. The van der Waals surface area contributed by atoms with Gasteiger partial charge in [-0.2, -0.15) is 0 Å². The lowest BCUT2D eigenvalue weighted by atomic mass is 10.3. The van der Waals surface area contributed by atoms with Crippen molar-refractivity contribution in [3.63, 3.8) is 0 Å². The summed E-state index contributed by atoms with van der Waals surface area (Å²) in [5, 5.41) is 0. The first-order valence-electron chi connectivity index (χ1n) is 3.63. The Kier molecular flexibility index (Phi) is 2.80. The second-order valence-electron chi connectivity index (χ2n) is 2.47. The molecule has 0 aliphatic heterocycles. The number of hydrogen-bond donors (Lipinski definition) is 2. The molecule has 0 aromatic carbocycles. The number of nitrogens with two attached hydrogens (primary N) is 2. The van der Waals surface area contributed by atoms with Crippen molar-refractivity contribution in [3.8, 4) is 5.75 Å². The molecular weight excluding hydrogens is 199 g/mol. The molecule has 0 spiro atoms. The van der Waals surface area contributed by atoms with Crippen LogP contribution in [0, 0.1) is 0 Å². The topological polar surface area (TPSA) is 74.2 Å². The molecule has 4 N–H and O–H groups in total. The van der Waals surface area contributed by atoms with Gasteiger partial charge in [-0.3, -0.25) is 0 Å². The van der Waals surface area contributed by atoms with E-state index in [2.05, 4.69) is 9.72 Å². The highest BCUT2D eigenvalue weighted by Gasteiger charge is 2.31. The zero-order valence-electron chi connectivity index (χ0n) is 7.01. The van der Waals surface area contributed by atoms with Gasteiger partial charge in [0, 0.05) is 18.7 Å². The van der Waals surface area contributed by atoms with Crippen molar-refractivity contribution in [2.45, 2.75) is 12.9 Å². The fourth-order valence-corrected chi connectivity index (χ4v) is 0.879. The Hall–Kier alpha value is -1.50. The molecule has 0 fully saturated rings. The van der Waals surface area contributed by atoms with Gasteiger partial charge in [0.15, 0.2) is 0 Å². The average molecular weight is 207 g/mol. The van der Waals surface area contributed by atoms with Crippen LogP contribution in [0.1, 0.15) is 5.69 Å². The van der Waals surface area contributed by atoms with Crippen molar-refractivity contribution in [1.29, 1.82) is 0 Å². The maximum atomic E-state index is 11.8. The summed E-state index contributed by atoms with van der Waals surface area (Å²) in [5.74, 6) is -0.474. The summed E-state index contributed by atoms with van der Waals surface area (Å²) in [6.07, 6.45) is -4.74. The summed E-state index contributed by atoms with van der Waals surface area (Å²) in [5.41, 5.74) is 10.7. The number of aromatic nitrogens is 1. The van der Waals surface area contributed by atoms with Crippen LogP contribution in [-0.4, -0.2) is 11.3 Å². The van der Waals surface area contributed by atoms with Gasteiger partial charge in [-0.25, -0.2) is 4.98 Å². The first-order chi connectivity index (χ1) is 6.40. The highest BCUT2D eigenvalue weighted by molar-refractivity contribution is 5.38. The highest BCUT2D eigenvalue weighted by Crippen LogP contribution is 2.24. The van der Waals surface area contributed by atoms with E-state index in [4.69, 9.17) is 11.5 Å². The van der Waals surface area contributed by atoms with E-state index in [0.717, 1.165) is 12.1 Å². The Bertz CT molecular complexity index is 326. The Labute approximate surface area is 77.7 Å². The van der Waals surface area contributed by atoms with Gasteiger partial charge in [0.05, 0.1) is 5.69 Å². The molecule has 0 saturated carbocycles. The van der Waals surface area contributed by atoms with E-state index >= 15 is 0 Å². The Morgan fingerprint density at radius 1 is 1.36 bits per heavy atom. The van der Waals surface area contributed by atoms with Crippen molar-refractivity contribution in [3.05, 3.63) is 17.8 Å². The number of hydrogen-bond acceptors (Lipinski definition) is 4. The van der Waals surface area contributed by atoms with Gasteiger partial charge < -0.3 is 16.2 Å². The van der Waals surface area contributed by atoms with Gasteiger partial charge in [0.25, 0.3) is 0 Å². The fourth-order valence-electron chi connectivity index (χ4n) is 0.879. The zero-order valence-corrected chi connectivity index (χ0v) is 7.01. The van der Waals surface area contributed by atoms with Gasteiger partial charge >= 0.3 is 6.36 Å². The maximum Gasteiger partial charge on any atom is 0.573 e. The van der Waals surface area contributed by atoms with Crippen molar-refractivity contribution in [2.75, 3.05) is 5.73 Å². The molecule has 0 aliphatic rings. The monoisotopic (exact) mass is 207 g/mol. The number of nitrogen functional groups attached to an aromatic ring is 1. The number of nitrogens with zero attached hydrogens (tertiary/aromatic N) is 1. The molecule has 1 aromatic rings. The molecule has 1 aromatic heterocycles. The van der Waals surface area contributed by atoms with Crippen LogP contribution in [0.4, 0.5) is 19.0 Å². The third kappa shape index (κ3) is 3.09. The summed E-state index contributed by atoms with van der Waals surface area (Å²) in [4.78, 5) is 3.69. The average Bonchev–Trinajstić information content (AvgIpc) is 1.99. The second kappa shape index (κ2) is 3.70. The second-order valence-corrected chi connectivity index (χ2v) is 2.47. The molecule has 78 valence electrons. The van der Waals surface area contributed by atoms with Gasteiger partial charge in [0.1, 0.15) is 11.6 Å². The van der Waals surface area contributed by atoms with Gasteiger partial charge in [0.2, 0.25) is 0 Å². The van der Waals surface area contributed by atoms with Crippen LogP contribution in [0.3, 0.4) is 0 Å². The first kappa shape index (κ1) is 10.6. The number of rotatable bonds is 2. The van der Waals surface area contributed by atoms with Crippen molar-refractivity contribution in [2.24, 2.45) is 5.73 Å². The summed E-state index contributed by atoms with van der Waals surface area (Å²) in [6.45, 7) is -0.000737. The first-order valence-corrected chi connectivity index (χ1v) is 3.63. The number of anilines is 1. The van der Waals surface area contributed by atoms with Crippen molar-refractivity contribution < 1.29 is 17.9 Å². The highest BCUT2D eigenvalue weighted by atomic mass is 19.4. The van der Waals surface area contributed by atoms with E-state index in [1.54, 1.807) is 0 Å². The Morgan fingerprint density at radius 3 is 2.50 bits per heavy atom. The number of ether oxygens (including phenoxy) is 1. The van der Waals surface area contributed by atoms with Crippen LogP contribution in [0.5, 0.6) is 5.75 Å². The molecule has 0 amide bonds. The standard InChI is InChI=1S/C7H8F3N3O/c8-7(9,10)14-5-1-4(3-11)13-6(12)2-5/h1-2H,3,11H2,(H2,12,13). The fraction of sp³-hybridized carbons (Fsp3) is 0.286. The molecule has 4 nitrogen and oxygen atoms in total. The minimum absolute atomic E-state index is 0.000737. The van der Waals surface area contributed by atoms with Crippen LogP contribution in [0.2, 0.25) is 0 Å². The number of alkyl halides is 3. The van der Waals surface area contributed by atoms with Crippen molar-refractivity contribution in [1.82, 2.24) is 4.98 Å². The lowest BCUT2D eigenvalue weighted by Crippen LogP contribution is -2.17. The SMILES string of the molecule is NCc1cc(OC(F)(F)F)cc(N)n1. The third-order valence-electron chi connectivity index (χ3n) is 1.31. The van der Waals surface area contributed by atoms with Gasteiger partial charge in [-0.05, 0) is 0 Å². The van der Waals surface area contributed by atoms with E-state index in [9.17, 15) is 13.2 Å². The van der Waals surface area contributed by atoms with E-state index < -0.39 is 12.1 Å². The maximum absolute atomic E-state index is 11.8. The third-order valence-corrected chi connectivity index (χ3v) is 1.31. The molecule has 0 unspecified atom stereocenters. The molecule has 0 bridgehead atoms. The molecule has 0 radical (unpaired) electrons. The quantitative estimate of drug-likeness (QED) is 0.759. The molecule has 1 heterocycles. The predicted octanol–water partition coefficient (Wildman–Crippen LogP) is 1.02. The zero-order chi connectivity index (χ0) is 10.8. The largest absolute Gasteiger partial charge is 0.573 e. The van der Waals surface area contributed by atoms with Crippen LogP contribution in [0.15, 0.2) is 12.1 Å². The van der Waals surface area contributed by atoms with E-state index in [-0.39, 0.29) is 18.1 Å². The molecule has 0 atom stereocenters. The molecule has 7 heteroatoms. The van der Waals surface area contributed by atoms with Gasteiger partial charge in [-0.15, -0.1) is 13.2 Å². The molecule has 0 saturated heterocycles. The summed E-state index contributed by atoms with van der Waals surface area (Å²) < 4.78 is 39.0. The molecule has 14 heavy (non-hydrogen) atoms. The lowest BCUT2D eigenvalue weighted by Gasteiger charge is -2.09. The Morgan fingerprint density at radius 2 is 2.00 bits per heavy atom. The van der Waals surface area contributed by atoms with Crippen LogP contribution in [0.25, 0.3) is 0 Å². The normalized spacial score (nSPS) is 11.4. The van der Waals surface area contributed by atoms with Gasteiger partial charge in [-0.1, -0.05) is 0 Å². The van der Waals surface area contributed by atoms with Crippen molar-refractivity contribution >= 4 is 5.82 Å². The van der Waals surface area contributed by atoms with Crippen LogP contribution >= 0.6 is 0 Å². The van der Waals surface area contributed by atoms with Crippen LogP contribution < -0.4 is 16.2 Å². The lowest BCUT2D eigenvalue weighted by molar-refractivity contribution is -0.274. The predicted molar refractivity (Wildman–Crippen MR) is 43.2 cm³/mol. The smallest absolute Gasteiger partial charge is 0.406 e. The number of halogens is 3. The molecule has 1 rings (SSSR count). The number of pyridine rings is 1. The summed E-state index contributed by atoms with van der Waals surface area (Å²) >= 11 is 0. The van der Waals surface area contributed by atoms with E-state index in [0.29, 0.717) is 0 Å². The van der Waals surface area contributed by atoms with E-state index in [1.165, 1.54) is 0 Å². The van der Waals surface area contributed by atoms with Crippen LogP contribution in [-0.2, 0) is 6.54 Å². The molecule has 0 aliphatic carbocycles. The molecular formula is C7H8F3N3O. The minimum atomic E-state index is -4.74. The minimum Gasteiger partial charge on any atom is -0.406 e.